The maximum absolute atomic E-state index is 13.8. The molecule has 3 fully saturated rings. The first kappa shape index (κ1) is 24.9. The van der Waals surface area contributed by atoms with Crippen molar-refractivity contribution in [2.45, 2.75) is 56.6 Å². The fourth-order valence-corrected chi connectivity index (χ4v) is 6.30. The van der Waals surface area contributed by atoms with Gasteiger partial charge in [-0.3, -0.25) is 23.7 Å². The normalized spacial score (nSPS) is 26.8. The van der Waals surface area contributed by atoms with Crippen molar-refractivity contribution in [3.63, 3.8) is 0 Å². The van der Waals surface area contributed by atoms with Crippen molar-refractivity contribution in [2.75, 3.05) is 13.2 Å². The van der Waals surface area contributed by atoms with Gasteiger partial charge in [-0.2, -0.15) is 5.09 Å². The molecule has 1 unspecified atom stereocenters. The van der Waals surface area contributed by atoms with Gasteiger partial charge in [0.2, 0.25) is 0 Å². The summed E-state index contributed by atoms with van der Waals surface area (Å²) in [6, 6.07) is 9.56. The number of rotatable bonds is 10. The van der Waals surface area contributed by atoms with Gasteiger partial charge >= 0.3 is 19.4 Å². The van der Waals surface area contributed by atoms with E-state index in [-0.39, 0.29) is 19.0 Å². The average molecular weight is 521 g/mol. The van der Waals surface area contributed by atoms with Crippen molar-refractivity contribution < 1.29 is 33.0 Å². The van der Waals surface area contributed by atoms with Crippen LogP contribution >= 0.6 is 7.75 Å². The topological polar surface area (TPSA) is 158 Å². The Hall–Kier alpha value is -2.76. The molecule has 13 heteroatoms. The molecule has 1 aliphatic heterocycles. The van der Waals surface area contributed by atoms with Crippen LogP contribution in [0.5, 0.6) is 5.75 Å². The van der Waals surface area contributed by atoms with E-state index in [2.05, 4.69) is 10.1 Å². The zero-order valence-corrected chi connectivity index (χ0v) is 20.5. The number of para-hydroxylation sites is 1. The predicted octanol–water partition coefficient (Wildman–Crippen LogP) is 1.46. The number of hydrogen-bond acceptors (Lipinski definition) is 9. The molecular formula is C23H28N3O9P. The summed E-state index contributed by atoms with van der Waals surface area (Å²) in [6.07, 6.45) is 0.535. The largest absolute Gasteiger partial charge is 0.465 e. The number of aromatic amines is 1. The summed E-state index contributed by atoms with van der Waals surface area (Å²) in [4.78, 5) is 38.5. The van der Waals surface area contributed by atoms with Gasteiger partial charge in [0.15, 0.2) is 0 Å². The van der Waals surface area contributed by atoms with Crippen LogP contribution < -0.4 is 20.9 Å². The van der Waals surface area contributed by atoms with Gasteiger partial charge in [-0.05, 0) is 44.7 Å². The van der Waals surface area contributed by atoms with E-state index in [0.717, 1.165) is 0 Å². The Morgan fingerprint density at radius 3 is 2.56 bits per heavy atom. The zero-order valence-electron chi connectivity index (χ0n) is 19.6. The molecule has 2 saturated carbocycles. The van der Waals surface area contributed by atoms with Crippen LogP contribution in [0, 0.1) is 5.41 Å². The Morgan fingerprint density at radius 2 is 1.94 bits per heavy atom. The minimum atomic E-state index is -4.14. The number of nitrogens with one attached hydrogen (secondary N) is 2. The number of aliphatic hydroxyl groups is 1. The number of aliphatic hydroxyl groups excluding tert-OH is 1. The van der Waals surface area contributed by atoms with Gasteiger partial charge < -0.3 is 19.1 Å². The first-order chi connectivity index (χ1) is 17.2. The number of benzene rings is 1. The molecule has 12 nitrogen and oxygen atoms in total. The number of H-pyrrole nitrogens is 1. The van der Waals surface area contributed by atoms with Gasteiger partial charge in [0.05, 0.1) is 19.3 Å². The lowest BCUT2D eigenvalue weighted by molar-refractivity contribution is -0.146. The molecular weight excluding hydrogens is 493 g/mol. The molecule has 1 aromatic heterocycles. The third kappa shape index (κ3) is 4.67. The van der Waals surface area contributed by atoms with E-state index in [1.165, 1.54) is 16.8 Å². The van der Waals surface area contributed by atoms with E-state index in [1.807, 2.05) is 0 Å². The minimum Gasteiger partial charge on any atom is -0.465 e. The molecule has 1 spiro atoms. The lowest BCUT2D eigenvalue weighted by Gasteiger charge is -2.26. The quantitative estimate of drug-likeness (QED) is 0.309. The summed E-state index contributed by atoms with van der Waals surface area (Å²) in [7, 11) is -4.14. The monoisotopic (exact) mass is 521 g/mol. The number of ether oxygens (including phenoxy) is 2. The van der Waals surface area contributed by atoms with Gasteiger partial charge in [0, 0.05) is 17.7 Å². The molecule has 0 radical (unpaired) electrons. The molecule has 3 aliphatic rings. The van der Waals surface area contributed by atoms with E-state index in [4.69, 9.17) is 18.5 Å². The summed E-state index contributed by atoms with van der Waals surface area (Å²) in [5.74, 6) is -0.283. The predicted molar refractivity (Wildman–Crippen MR) is 125 cm³/mol. The number of carbonyl (C=O) groups excluding carboxylic acids is 1. The van der Waals surface area contributed by atoms with Crippen molar-refractivity contribution >= 4 is 13.7 Å². The molecule has 2 aliphatic carbocycles. The third-order valence-electron chi connectivity index (χ3n) is 6.81. The Kier molecular flexibility index (Phi) is 6.42. The summed E-state index contributed by atoms with van der Waals surface area (Å²) in [5, 5.41) is 13.8. The van der Waals surface area contributed by atoms with E-state index in [0.29, 0.717) is 25.7 Å². The van der Waals surface area contributed by atoms with Gasteiger partial charge in [-0.25, -0.2) is 9.36 Å². The van der Waals surface area contributed by atoms with Crippen molar-refractivity contribution in [2.24, 2.45) is 5.41 Å². The smallest absolute Gasteiger partial charge is 0.459 e. The van der Waals surface area contributed by atoms with Crippen LogP contribution in [-0.4, -0.2) is 51.6 Å². The third-order valence-corrected chi connectivity index (χ3v) is 8.45. The molecule has 194 valence electrons. The number of carbonyl (C=O) groups is 1. The molecule has 1 aromatic carbocycles. The molecule has 1 saturated heterocycles. The van der Waals surface area contributed by atoms with Crippen molar-refractivity contribution in [3.05, 3.63) is 63.4 Å². The van der Waals surface area contributed by atoms with Crippen LogP contribution in [0.15, 0.2) is 52.2 Å². The van der Waals surface area contributed by atoms with Gasteiger partial charge in [-0.1, -0.05) is 18.2 Å². The summed E-state index contributed by atoms with van der Waals surface area (Å²) < 4.78 is 37.6. The van der Waals surface area contributed by atoms with Gasteiger partial charge in [0.1, 0.15) is 23.6 Å². The number of aromatic nitrogens is 2. The minimum absolute atomic E-state index is 0.169. The molecule has 3 N–H and O–H groups in total. The SMILES string of the molecule is CCOC(=O)C1(NP(=O)(OC[C@H]2O[C@@H](n3ccc(=O)[nH]c3=O)C3(CC3)[C@@H]2O)Oc2ccccc2)CC1. The standard InChI is InChI=1S/C23H28N3O9P/c1-2-32-20(29)23(11-12-23)25-36(31,35-15-6-4-3-5-7-15)33-14-16-18(28)22(9-10-22)19(34-16)26-13-8-17(27)24-21(26)30/h3-8,13,16,18-19,28H,2,9-12,14H2,1H3,(H,25,31)(H,24,27,30)/t16-,18-,19-,36?/m1/s1. The lowest BCUT2D eigenvalue weighted by Crippen LogP contribution is -2.41. The average Bonchev–Trinajstić information content (AvgIpc) is 3.76. The summed E-state index contributed by atoms with van der Waals surface area (Å²) in [5.41, 5.74) is -3.10. The first-order valence-electron chi connectivity index (χ1n) is 11.8. The fraction of sp³-hybridized carbons (Fsp3) is 0.522. The molecule has 0 amide bonds. The fourth-order valence-electron chi connectivity index (χ4n) is 4.55. The second kappa shape index (κ2) is 9.28. The van der Waals surface area contributed by atoms with Gasteiger partial charge in [-0.15, -0.1) is 0 Å². The van der Waals surface area contributed by atoms with Crippen molar-refractivity contribution in [1.82, 2.24) is 14.6 Å². The Morgan fingerprint density at radius 1 is 1.22 bits per heavy atom. The van der Waals surface area contributed by atoms with Gasteiger partial charge in [0.25, 0.3) is 5.56 Å². The number of hydrogen-bond donors (Lipinski definition) is 3. The number of esters is 1. The molecule has 4 atom stereocenters. The van der Waals surface area contributed by atoms with Crippen LogP contribution in [0.25, 0.3) is 0 Å². The maximum atomic E-state index is 13.8. The lowest BCUT2D eigenvalue weighted by atomic mass is 9.96. The summed E-state index contributed by atoms with van der Waals surface area (Å²) in [6.45, 7) is 1.51. The van der Waals surface area contributed by atoms with Crippen LogP contribution in [0.3, 0.4) is 0 Å². The second-order valence-electron chi connectivity index (χ2n) is 9.33. The number of nitrogens with zero attached hydrogens (tertiary/aromatic N) is 1. The van der Waals surface area contributed by atoms with Crippen molar-refractivity contribution in [1.29, 1.82) is 0 Å². The molecule has 2 aromatic rings. The Bertz CT molecular complexity index is 1290. The van der Waals surface area contributed by atoms with Crippen LogP contribution in [0.4, 0.5) is 0 Å². The van der Waals surface area contributed by atoms with E-state index < -0.39 is 54.4 Å². The Labute approximate surface area is 206 Å². The van der Waals surface area contributed by atoms with Crippen LogP contribution in [0.2, 0.25) is 0 Å². The highest BCUT2D eigenvalue weighted by Gasteiger charge is 2.65. The second-order valence-corrected chi connectivity index (χ2v) is 11.0. The summed E-state index contributed by atoms with van der Waals surface area (Å²) >= 11 is 0. The van der Waals surface area contributed by atoms with Crippen LogP contribution in [0.1, 0.15) is 38.8 Å². The molecule has 5 rings (SSSR count). The van der Waals surface area contributed by atoms with E-state index in [1.54, 1.807) is 37.3 Å². The molecule has 36 heavy (non-hydrogen) atoms. The zero-order chi connectivity index (χ0) is 25.6. The highest BCUT2D eigenvalue weighted by molar-refractivity contribution is 7.52. The van der Waals surface area contributed by atoms with Crippen molar-refractivity contribution in [3.8, 4) is 5.75 Å². The maximum Gasteiger partial charge on any atom is 0.459 e. The van der Waals surface area contributed by atoms with Crippen LogP contribution in [-0.2, 0) is 23.4 Å². The Balaban J connectivity index is 1.35. The van der Waals surface area contributed by atoms with E-state index >= 15 is 0 Å². The highest BCUT2D eigenvalue weighted by atomic mass is 31.2. The molecule has 0 bridgehead atoms. The van der Waals surface area contributed by atoms with E-state index in [9.17, 15) is 24.1 Å². The highest BCUT2D eigenvalue weighted by Crippen LogP contribution is 2.62. The molecule has 2 heterocycles. The first-order valence-corrected chi connectivity index (χ1v) is 13.4.